The molecule has 3 rings (SSSR count). The molecule has 1 saturated heterocycles. The summed E-state index contributed by atoms with van der Waals surface area (Å²) in [7, 11) is -3.68. The molecular weight excluding hydrogens is 412 g/mol. The van der Waals surface area contributed by atoms with E-state index in [2.05, 4.69) is 12.2 Å². The molecule has 168 valence electrons. The summed E-state index contributed by atoms with van der Waals surface area (Å²) in [5, 5.41) is 3.06. The number of benzene rings is 2. The van der Waals surface area contributed by atoms with Crippen molar-refractivity contribution in [3.05, 3.63) is 53.1 Å². The molecule has 2 aromatic rings. The first-order chi connectivity index (χ1) is 14.8. The molecule has 1 heterocycles. The molecule has 7 heteroatoms. The molecule has 1 aliphatic rings. The maximum atomic E-state index is 13.2. The molecule has 6 nitrogen and oxygen atoms in total. The molecule has 0 saturated carbocycles. The van der Waals surface area contributed by atoms with Crippen molar-refractivity contribution in [2.45, 2.75) is 51.9 Å². The summed E-state index contributed by atoms with van der Waals surface area (Å²) in [6, 6.07) is 10.9. The van der Waals surface area contributed by atoms with Crippen LogP contribution >= 0.6 is 0 Å². The van der Waals surface area contributed by atoms with E-state index in [0.717, 1.165) is 28.8 Å². The van der Waals surface area contributed by atoms with E-state index in [1.165, 1.54) is 4.31 Å². The van der Waals surface area contributed by atoms with E-state index < -0.39 is 10.0 Å². The van der Waals surface area contributed by atoms with Crippen molar-refractivity contribution in [2.24, 2.45) is 5.92 Å². The van der Waals surface area contributed by atoms with Crippen LogP contribution in [-0.2, 0) is 21.2 Å². The molecule has 0 aliphatic carbocycles. The molecular formula is C24H32N2O4S. The molecule has 0 bridgehead atoms. The molecule has 0 radical (unpaired) electrons. The highest BCUT2D eigenvalue weighted by Crippen LogP contribution is 2.29. The fourth-order valence-electron chi connectivity index (χ4n) is 4.05. The fraction of sp³-hybridized carbons (Fsp3) is 0.458. The molecule has 1 amide bonds. The molecule has 1 fully saturated rings. The van der Waals surface area contributed by atoms with Gasteiger partial charge < -0.3 is 10.1 Å². The first-order valence-electron chi connectivity index (χ1n) is 10.9. The zero-order valence-electron chi connectivity index (χ0n) is 18.8. The second-order valence-corrected chi connectivity index (χ2v) is 9.95. The first-order valence-corrected chi connectivity index (χ1v) is 12.3. The largest absolute Gasteiger partial charge is 0.494 e. The van der Waals surface area contributed by atoms with Gasteiger partial charge in [0.1, 0.15) is 5.75 Å². The Morgan fingerprint density at radius 1 is 1.16 bits per heavy atom. The van der Waals surface area contributed by atoms with Crippen molar-refractivity contribution in [3.63, 3.8) is 0 Å². The van der Waals surface area contributed by atoms with E-state index in [1.54, 1.807) is 18.2 Å². The summed E-state index contributed by atoms with van der Waals surface area (Å²) in [6.45, 7) is 8.89. The summed E-state index contributed by atoms with van der Waals surface area (Å²) < 4.78 is 33.4. The third kappa shape index (κ3) is 5.10. The lowest BCUT2D eigenvalue weighted by molar-refractivity contribution is -0.120. The van der Waals surface area contributed by atoms with Crippen LogP contribution in [0, 0.1) is 19.8 Å². The number of rotatable bonds is 7. The number of nitrogens with one attached hydrogen (secondary N) is 1. The number of para-hydroxylation sites is 1. The monoisotopic (exact) mass is 444 g/mol. The maximum Gasteiger partial charge on any atom is 0.243 e. The van der Waals surface area contributed by atoms with Gasteiger partial charge in [-0.05, 0) is 74.9 Å². The van der Waals surface area contributed by atoms with Crippen LogP contribution in [0.3, 0.4) is 0 Å². The number of hydrogen-bond acceptors (Lipinski definition) is 4. The SMILES string of the molecule is CCOc1ccc(S(=O)(=O)N2CCC[C@@H](C(=O)Nc3c(C)cccc3CC)C2)cc1C. The van der Waals surface area contributed by atoms with Crippen LogP contribution < -0.4 is 10.1 Å². The molecule has 1 N–H and O–H groups in total. The second-order valence-electron chi connectivity index (χ2n) is 8.01. The number of aryl methyl sites for hydroxylation is 3. The van der Waals surface area contributed by atoms with Gasteiger partial charge in [-0.25, -0.2) is 8.42 Å². The predicted octanol–water partition coefficient (Wildman–Crippen LogP) is 4.30. The Morgan fingerprint density at radius 3 is 2.61 bits per heavy atom. The minimum Gasteiger partial charge on any atom is -0.494 e. The Labute approximate surface area is 185 Å². The quantitative estimate of drug-likeness (QED) is 0.691. The van der Waals surface area contributed by atoms with Crippen molar-refractivity contribution in [2.75, 3.05) is 25.0 Å². The van der Waals surface area contributed by atoms with Gasteiger partial charge in [-0.2, -0.15) is 4.31 Å². The van der Waals surface area contributed by atoms with Crippen molar-refractivity contribution < 1.29 is 17.9 Å². The Hall–Kier alpha value is -2.38. The first kappa shape index (κ1) is 23.3. The van der Waals surface area contributed by atoms with Gasteiger partial charge in [0.2, 0.25) is 15.9 Å². The summed E-state index contributed by atoms with van der Waals surface area (Å²) in [5.74, 6) is 0.186. The van der Waals surface area contributed by atoms with Gasteiger partial charge in [-0.15, -0.1) is 0 Å². The number of ether oxygens (including phenoxy) is 1. The van der Waals surface area contributed by atoms with Gasteiger partial charge in [0.15, 0.2) is 0 Å². The summed E-state index contributed by atoms with van der Waals surface area (Å²) in [6.07, 6.45) is 2.15. The number of nitrogens with zero attached hydrogens (tertiary/aromatic N) is 1. The van der Waals surface area contributed by atoms with E-state index in [4.69, 9.17) is 4.74 Å². The molecule has 1 atom stereocenters. The third-order valence-electron chi connectivity index (χ3n) is 5.83. The van der Waals surface area contributed by atoms with Gasteiger partial charge >= 0.3 is 0 Å². The van der Waals surface area contributed by atoms with Crippen LogP contribution in [0.25, 0.3) is 0 Å². The highest BCUT2D eigenvalue weighted by molar-refractivity contribution is 7.89. The fourth-order valence-corrected chi connectivity index (χ4v) is 5.66. The van der Waals surface area contributed by atoms with E-state index in [-0.39, 0.29) is 23.3 Å². The molecule has 0 spiro atoms. The van der Waals surface area contributed by atoms with Crippen LogP contribution in [0.1, 0.15) is 43.4 Å². The van der Waals surface area contributed by atoms with Crippen LogP contribution in [0.15, 0.2) is 41.3 Å². The van der Waals surface area contributed by atoms with Gasteiger partial charge in [0.05, 0.1) is 17.4 Å². The summed E-state index contributed by atoms with van der Waals surface area (Å²) in [4.78, 5) is 13.3. The normalized spacial score (nSPS) is 17.4. The molecule has 2 aromatic carbocycles. The number of sulfonamides is 1. The lowest BCUT2D eigenvalue weighted by Gasteiger charge is -2.31. The van der Waals surface area contributed by atoms with E-state index >= 15 is 0 Å². The van der Waals surface area contributed by atoms with Crippen molar-refractivity contribution >= 4 is 21.6 Å². The number of hydrogen-bond donors (Lipinski definition) is 1. The molecule has 1 aliphatic heterocycles. The zero-order valence-corrected chi connectivity index (χ0v) is 19.6. The minimum atomic E-state index is -3.68. The molecule has 0 unspecified atom stereocenters. The lowest BCUT2D eigenvalue weighted by atomic mass is 9.98. The minimum absolute atomic E-state index is 0.119. The van der Waals surface area contributed by atoms with E-state index in [0.29, 0.717) is 31.7 Å². The Kier molecular flexibility index (Phi) is 7.38. The highest BCUT2D eigenvalue weighted by Gasteiger charge is 2.33. The zero-order chi connectivity index (χ0) is 22.6. The van der Waals surface area contributed by atoms with Crippen molar-refractivity contribution in [3.8, 4) is 5.75 Å². The average Bonchev–Trinajstić information content (AvgIpc) is 2.76. The standard InChI is InChI=1S/C24H32N2O4S/c1-5-19-10-7-9-17(3)23(19)25-24(27)20-11-8-14-26(16-20)31(28,29)21-12-13-22(30-6-2)18(4)15-21/h7,9-10,12-13,15,20H,5-6,8,11,14,16H2,1-4H3,(H,25,27)/t20-/m1/s1. The second kappa shape index (κ2) is 9.83. The van der Waals surface area contributed by atoms with Crippen molar-refractivity contribution in [1.82, 2.24) is 4.31 Å². The number of carbonyl (C=O) groups is 1. The van der Waals surface area contributed by atoms with E-state index in [9.17, 15) is 13.2 Å². The number of amides is 1. The van der Waals surface area contributed by atoms with Gasteiger partial charge in [0, 0.05) is 18.8 Å². The highest BCUT2D eigenvalue weighted by atomic mass is 32.2. The predicted molar refractivity (Wildman–Crippen MR) is 123 cm³/mol. The maximum absolute atomic E-state index is 13.2. The molecule has 0 aromatic heterocycles. The Balaban J connectivity index is 1.77. The number of piperidine rings is 1. The van der Waals surface area contributed by atoms with Crippen molar-refractivity contribution in [1.29, 1.82) is 0 Å². The average molecular weight is 445 g/mol. The number of anilines is 1. The number of carbonyl (C=O) groups excluding carboxylic acids is 1. The van der Waals surface area contributed by atoms with E-state index in [1.807, 2.05) is 39.0 Å². The summed E-state index contributed by atoms with van der Waals surface area (Å²) >= 11 is 0. The van der Waals surface area contributed by atoms with Crippen LogP contribution in [0.4, 0.5) is 5.69 Å². The van der Waals surface area contributed by atoms with Crippen LogP contribution in [0.2, 0.25) is 0 Å². The summed E-state index contributed by atoms with van der Waals surface area (Å²) in [5.41, 5.74) is 3.72. The smallest absolute Gasteiger partial charge is 0.243 e. The Bertz CT molecular complexity index is 1050. The lowest BCUT2D eigenvalue weighted by Crippen LogP contribution is -2.43. The Morgan fingerprint density at radius 2 is 1.94 bits per heavy atom. The van der Waals surface area contributed by atoms with Gasteiger partial charge in [-0.3, -0.25) is 4.79 Å². The van der Waals surface area contributed by atoms with Crippen LogP contribution in [0.5, 0.6) is 5.75 Å². The third-order valence-corrected chi connectivity index (χ3v) is 7.69. The van der Waals surface area contributed by atoms with Crippen LogP contribution in [-0.4, -0.2) is 38.3 Å². The topological polar surface area (TPSA) is 75.7 Å². The molecule has 31 heavy (non-hydrogen) atoms. The van der Waals surface area contributed by atoms with Gasteiger partial charge in [0.25, 0.3) is 0 Å². The van der Waals surface area contributed by atoms with Gasteiger partial charge in [-0.1, -0.05) is 25.1 Å².